The molecule has 1 atom stereocenters. The minimum Gasteiger partial charge on any atom is -0.396 e. The zero-order chi connectivity index (χ0) is 15.2. The second-order valence-electron chi connectivity index (χ2n) is 4.86. The molecule has 116 valence electrons. The molecule has 2 N–H and O–H groups in total. The Morgan fingerprint density at radius 1 is 1.43 bits per heavy atom. The molecule has 21 heavy (non-hydrogen) atoms. The fraction of sp³-hybridized carbons (Fsp3) is 0.500. The van der Waals surface area contributed by atoms with E-state index in [4.69, 9.17) is 28.3 Å². The van der Waals surface area contributed by atoms with Gasteiger partial charge in [0.1, 0.15) is 0 Å². The highest BCUT2D eigenvalue weighted by molar-refractivity contribution is 7.99. The lowest BCUT2D eigenvalue weighted by molar-refractivity contribution is -0.117. The van der Waals surface area contributed by atoms with E-state index in [0.29, 0.717) is 22.2 Å². The molecule has 1 amide bonds. The van der Waals surface area contributed by atoms with E-state index in [9.17, 15) is 4.79 Å². The van der Waals surface area contributed by atoms with Crippen LogP contribution in [0.1, 0.15) is 6.42 Å². The van der Waals surface area contributed by atoms with Crippen LogP contribution in [-0.2, 0) is 4.79 Å². The van der Waals surface area contributed by atoms with Gasteiger partial charge in [-0.3, -0.25) is 9.69 Å². The molecule has 0 unspecified atom stereocenters. The van der Waals surface area contributed by atoms with Crippen LogP contribution < -0.4 is 5.32 Å². The predicted molar refractivity (Wildman–Crippen MR) is 89.5 cm³/mol. The van der Waals surface area contributed by atoms with E-state index in [-0.39, 0.29) is 25.1 Å². The quantitative estimate of drug-likeness (QED) is 0.858. The maximum atomic E-state index is 12.2. The van der Waals surface area contributed by atoms with Crippen molar-refractivity contribution in [2.24, 2.45) is 0 Å². The van der Waals surface area contributed by atoms with Crippen LogP contribution in [-0.4, -0.2) is 53.2 Å². The lowest BCUT2D eigenvalue weighted by Gasteiger charge is -2.34. The van der Waals surface area contributed by atoms with Crippen molar-refractivity contribution in [2.45, 2.75) is 12.5 Å². The van der Waals surface area contributed by atoms with Gasteiger partial charge in [-0.1, -0.05) is 29.3 Å². The van der Waals surface area contributed by atoms with Gasteiger partial charge in [0.05, 0.1) is 22.3 Å². The second-order valence-corrected chi connectivity index (χ2v) is 6.82. The third-order valence-electron chi connectivity index (χ3n) is 3.39. The molecule has 1 heterocycles. The topological polar surface area (TPSA) is 52.6 Å². The third kappa shape index (κ3) is 4.76. The van der Waals surface area contributed by atoms with E-state index in [1.54, 1.807) is 18.2 Å². The molecule has 1 fully saturated rings. The van der Waals surface area contributed by atoms with Crippen molar-refractivity contribution >= 4 is 46.6 Å². The smallest absolute Gasteiger partial charge is 0.238 e. The fourth-order valence-electron chi connectivity index (χ4n) is 2.29. The maximum Gasteiger partial charge on any atom is 0.238 e. The SMILES string of the molecule is O=C(CN1CCSC[C@H]1CCO)Nc1c(Cl)cccc1Cl. The Balaban J connectivity index is 1.97. The maximum absolute atomic E-state index is 12.2. The van der Waals surface area contributed by atoms with Gasteiger partial charge in [-0.2, -0.15) is 11.8 Å². The molecule has 0 saturated carbocycles. The van der Waals surface area contributed by atoms with Crippen LogP contribution >= 0.6 is 35.0 Å². The molecule has 0 aliphatic carbocycles. The zero-order valence-corrected chi connectivity index (χ0v) is 13.8. The first-order valence-corrected chi connectivity index (χ1v) is 8.69. The number of benzene rings is 1. The standard InChI is InChI=1S/C14H18Cl2N2O2S/c15-11-2-1-3-12(16)14(11)17-13(20)8-18-5-7-21-9-10(18)4-6-19/h1-3,10,19H,4-9H2,(H,17,20)/t10-/m1/s1. The summed E-state index contributed by atoms with van der Waals surface area (Å²) < 4.78 is 0. The van der Waals surface area contributed by atoms with Gasteiger partial charge in [0.25, 0.3) is 0 Å². The van der Waals surface area contributed by atoms with Crippen LogP contribution in [0.2, 0.25) is 10.0 Å². The molecule has 1 aliphatic heterocycles. The number of anilines is 1. The predicted octanol–water partition coefficient (Wildman–Crippen LogP) is 2.73. The summed E-state index contributed by atoms with van der Waals surface area (Å²) in [6.07, 6.45) is 0.688. The number of hydrogen-bond donors (Lipinski definition) is 2. The average molecular weight is 349 g/mol. The summed E-state index contributed by atoms with van der Waals surface area (Å²) in [5, 5.41) is 12.7. The van der Waals surface area contributed by atoms with Crippen LogP contribution in [0.25, 0.3) is 0 Å². The van der Waals surface area contributed by atoms with Gasteiger partial charge >= 0.3 is 0 Å². The van der Waals surface area contributed by atoms with Gasteiger partial charge in [-0.05, 0) is 18.6 Å². The number of halogens is 2. The molecular formula is C14H18Cl2N2O2S. The number of para-hydroxylation sites is 1. The molecule has 0 aromatic heterocycles. The van der Waals surface area contributed by atoms with E-state index >= 15 is 0 Å². The monoisotopic (exact) mass is 348 g/mol. The number of aliphatic hydroxyl groups excluding tert-OH is 1. The van der Waals surface area contributed by atoms with Gasteiger partial charge in [0, 0.05) is 30.7 Å². The van der Waals surface area contributed by atoms with E-state index in [1.807, 2.05) is 11.8 Å². The molecule has 4 nitrogen and oxygen atoms in total. The molecule has 1 aliphatic rings. The van der Waals surface area contributed by atoms with Crippen LogP contribution in [0, 0.1) is 0 Å². The van der Waals surface area contributed by atoms with Crippen molar-refractivity contribution in [3.8, 4) is 0 Å². The molecule has 1 aromatic rings. The van der Waals surface area contributed by atoms with E-state index in [0.717, 1.165) is 18.1 Å². The third-order valence-corrected chi connectivity index (χ3v) is 5.11. The van der Waals surface area contributed by atoms with Crippen molar-refractivity contribution in [1.82, 2.24) is 4.90 Å². The zero-order valence-electron chi connectivity index (χ0n) is 11.5. The summed E-state index contributed by atoms with van der Waals surface area (Å²) in [6, 6.07) is 5.35. The van der Waals surface area contributed by atoms with E-state index in [1.165, 1.54) is 0 Å². The summed E-state index contributed by atoms with van der Waals surface area (Å²) in [6.45, 7) is 1.27. The van der Waals surface area contributed by atoms with Crippen molar-refractivity contribution in [1.29, 1.82) is 0 Å². The second kappa shape index (κ2) is 8.25. The first kappa shape index (κ1) is 16.9. The Hall–Kier alpha value is -0.460. The number of carbonyl (C=O) groups is 1. The molecule has 1 aromatic carbocycles. The summed E-state index contributed by atoms with van der Waals surface area (Å²) >= 11 is 13.9. The van der Waals surface area contributed by atoms with Gasteiger partial charge in [-0.15, -0.1) is 0 Å². The number of nitrogens with zero attached hydrogens (tertiary/aromatic N) is 1. The van der Waals surface area contributed by atoms with Gasteiger partial charge in [0.2, 0.25) is 5.91 Å². The van der Waals surface area contributed by atoms with Crippen LogP contribution in [0.3, 0.4) is 0 Å². The summed E-state index contributed by atoms with van der Waals surface area (Å²) in [5.41, 5.74) is 0.455. The first-order valence-electron chi connectivity index (χ1n) is 6.78. The molecule has 7 heteroatoms. The molecule has 0 radical (unpaired) electrons. The van der Waals surface area contributed by atoms with Gasteiger partial charge in [-0.25, -0.2) is 0 Å². The largest absolute Gasteiger partial charge is 0.396 e. The lowest BCUT2D eigenvalue weighted by atomic mass is 10.2. The fourth-order valence-corrected chi connectivity index (χ4v) is 3.96. The van der Waals surface area contributed by atoms with Gasteiger partial charge < -0.3 is 10.4 Å². The molecule has 2 rings (SSSR count). The number of nitrogens with one attached hydrogen (secondary N) is 1. The van der Waals surface area contributed by atoms with Crippen molar-refractivity contribution in [3.05, 3.63) is 28.2 Å². The number of hydrogen-bond acceptors (Lipinski definition) is 4. The number of rotatable bonds is 5. The first-order chi connectivity index (χ1) is 10.1. The van der Waals surface area contributed by atoms with Gasteiger partial charge in [0.15, 0.2) is 0 Å². The minimum atomic E-state index is -0.139. The Morgan fingerprint density at radius 2 is 2.14 bits per heavy atom. The summed E-state index contributed by atoms with van der Waals surface area (Å²) in [7, 11) is 0. The Bertz CT molecular complexity index is 480. The van der Waals surface area contributed by atoms with Crippen LogP contribution in [0.5, 0.6) is 0 Å². The van der Waals surface area contributed by atoms with Crippen molar-refractivity contribution in [2.75, 3.05) is 36.5 Å². The molecule has 1 saturated heterocycles. The minimum absolute atomic E-state index is 0.139. The van der Waals surface area contributed by atoms with E-state index in [2.05, 4.69) is 10.2 Å². The normalized spacial score (nSPS) is 19.5. The number of carbonyl (C=O) groups excluding carboxylic acids is 1. The van der Waals surface area contributed by atoms with Crippen LogP contribution in [0.4, 0.5) is 5.69 Å². The highest BCUT2D eigenvalue weighted by atomic mass is 35.5. The Morgan fingerprint density at radius 3 is 2.81 bits per heavy atom. The molecular weight excluding hydrogens is 331 g/mol. The average Bonchev–Trinajstić information content (AvgIpc) is 2.45. The number of amides is 1. The summed E-state index contributed by atoms with van der Waals surface area (Å²) in [5.74, 6) is 1.81. The van der Waals surface area contributed by atoms with Crippen molar-refractivity contribution < 1.29 is 9.90 Å². The van der Waals surface area contributed by atoms with Crippen molar-refractivity contribution in [3.63, 3.8) is 0 Å². The highest BCUT2D eigenvalue weighted by Gasteiger charge is 2.24. The molecule has 0 spiro atoms. The van der Waals surface area contributed by atoms with Crippen LogP contribution in [0.15, 0.2) is 18.2 Å². The Kier molecular flexibility index (Phi) is 6.64. The summed E-state index contributed by atoms with van der Waals surface area (Å²) in [4.78, 5) is 14.3. The number of aliphatic hydroxyl groups is 1. The molecule has 0 bridgehead atoms. The highest BCUT2D eigenvalue weighted by Crippen LogP contribution is 2.29. The Labute approximate surface area is 138 Å². The van der Waals surface area contributed by atoms with E-state index < -0.39 is 0 Å². The lowest BCUT2D eigenvalue weighted by Crippen LogP contribution is -2.46. The number of thioether (sulfide) groups is 1.